The lowest BCUT2D eigenvalue weighted by atomic mass is 9.85. The first-order valence-corrected chi connectivity index (χ1v) is 9.11. The Morgan fingerprint density at radius 3 is 2.64 bits per heavy atom. The van der Waals surface area contributed by atoms with E-state index in [0.717, 1.165) is 45.6 Å². The number of aryl methyl sites for hydroxylation is 1. The number of nitrogens with zero attached hydrogens (tertiary/aromatic N) is 3. The van der Waals surface area contributed by atoms with Crippen molar-refractivity contribution >= 4 is 5.91 Å². The lowest BCUT2D eigenvalue weighted by Crippen LogP contribution is -2.36. The van der Waals surface area contributed by atoms with Crippen LogP contribution in [0.5, 0.6) is 0 Å². The molecule has 130 valence electrons. The van der Waals surface area contributed by atoms with Crippen LogP contribution < -0.4 is 0 Å². The van der Waals surface area contributed by atoms with Crippen molar-refractivity contribution in [3.63, 3.8) is 0 Å². The zero-order valence-electron chi connectivity index (χ0n) is 14.8. The van der Waals surface area contributed by atoms with Crippen molar-refractivity contribution in [1.29, 1.82) is 0 Å². The van der Waals surface area contributed by atoms with Crippen LogP contribution in [0.3, 0.4) is 0 Å². The average molecular weight is 335 g/mol. The predicted octanol–water partition coefficient (Wildman–Crippen LogP) is 3.01. The second-order valence-corrected chi connectivity index (χ2v) is 7.56. The molecule has 0 saturated carbocycles. The minimum absolute atomic E-state index is 0.156. The number of benzene rings is 1. The number of hydrogen-bond acceptors (Lipinski definition) is 3. The van der Waals surface area contributed by atoms with Gasteiger partial charge in [0.25, 0.3) is 0 Å². The molecule has 4 rings (SSSR count). The van der Waals surface area contributed by atoms with E-state index in [0.29, 0.717) is 5.91 Å². The highest BCUT2D eigenvalue weighted by Crippen LogP contribution is 2.41. The Hall–Kier alpha value is -2.20. The van der Waals surface area contributed by atoms with Gasteiger partial charge in [-0.1, -0.05) is 29.8 Å². The predicted molar refractivity (Wildman–Crippen MR) is 97.8 cm³/mol. The van der Waals surface area contributed by atoms with E-state index in [1.54, 1.807) is 0 Å². The molecule has 1 spiro atoms. The fourth-order valence-electron chi connectivity index (χ4n) is 4.29. The largest absolute Gasteiger partial charge is 0.338 e. The summed E-state index contributed by atoms with van der Waals surface area (Å²) in [6, 6.07) is 12.6. The van der Waals surface area contributed by atoms with Gasteiger partial charge in [0.05, 0.1) is 5.41 Å². The van der Waals surface area contributed by atoms with Crippen molar-refractivity contribution in [3.05, 3.63) is 65.5 Å². The van der Waals surface area contributed by atoms with Gasteiger partial charge in [0.1, 0.15) is 0 Å². The number of likely N-dealkylation sites (tertiary alicyclic amines) is 2. The van der Waals surface area contributed by atoms with Gasteiger partial charge in [0, 0.05) is 38.6 Å². The SMILES string of the molecule is Cc1cccc(CN2CCC3(CCN(Cc4ccncc4)C3)C2=O)c1. The Labute approximate surface area is 149 Å². The van der Waals surface area contributed by atoms with Crippen LogP contribution >= 0.6 is 0 Å². The summed E-state index contributed by atoms with van der Waals surface area (Å²) in [6.07, 6.45) is 5.66. The molecular formula is C21H25N3O. The Morgan fingerprint density at radius 1 is 1.04 bits per heavy atom. The maximum atomic E-state index is 13.1. The lowest BCUT2D eigenvalue weighted by Gasteiger charge is -2.24. The standard InChI is InChI=1S/C21H25N3O/c1-17-3-2-4-19(13-17)15-24-12-8-21(20(24)25)7-11-23(16-21)14-18-5-9-22-10-6-18/h2-6,9-10,13H,7-8,11-12,14-16H2,1H3. The quantitative estimate of drug-likeness (QED) is 0.862. The van der Waals surface area contributed by atoms with Crippen molar-refractivity contribution in [3.8, 4) is 0 Å². The molecule has 0 bridgehead atoms. The summed E-state index contributed by atoms with van der Waals surface area (Å²) < 4.78 is 0. The molecule has 1 aromatic heterocycles. The molecule has 4 nitrogen and oxygen atoms in total. The Bertz CT molecular complexity index is 761. The van der Waals surface area contributed by atoms with Crippen LogP contribution in [0.1, 0.15) is 29.5 Å². The zero-order valence-corrected chi connectivity index (χ0v) is 14.8. The van der Waals surface area contributed by atoms with Gasteiger partial charge in [-0.15, -0.1) is 0 Å². The Kier molecular flexibility index (Phi) is 4.30. The van der Waals surface area contributed by atoms with Gasteiger partial charge in [0.15, 0.2) is 0 Å². The smallest absolute Gasteiger partial charge is 0.230 e. The summed E-state index contributed by atoms with van der Waals surface area (Å²) in [7, 11) is 0. The van der Waals surface area contributed by atoms with Crippen LogP contribution in [0.4, 0.5) is 0 Å². The van der Waals surface area contributed by atoms with Crippen molar-refractivity contribution in [2.45, 2.75) is 32.9 Å². The highest BCUT2D eigenvalue weighted by Gasteiger charge is 2.50. The van der Waals surface area contributed by atoms with Crippen molar-refractivity contribution < 1.29 is 4.79 Å². The topological polar surface area (TPSA) is 36.4 Å². The summed E-state index contributed by atoms with van der Waals surface area (Å²) in [6.45, 7) is 6.54. The van der Waals surface area contributed by atoms with Crippen LogP contribution in [0, 0.1) is 12.3 Å². The number of aromatic nitrogens is 1. The molecule has 0 aliphatic carbocycles. The molecule has 1 unspecified atom stereocenters. The third-order valence-corrected chi connectivity index (χ3v) is 5.65. The molecule has 2 aliphatic heterocycles. The van der Waals surface area contributed by atoms with Gasteiger partial charge in [0.2, 0.25) is 5.91 Å². The van der Waals surface area contributed by atoms with Crippen LogP contribution in [0.25, 0.3) is 0 Å². The monoisotopic (exact) mass is 335 g/mol. The summed E-state index contributed by atoms with van der Waals surface area (Å²) in [5.74, 6) is 0.353. The number of carbonyl (C=O) groups is 1. The van der Waals surface area contributed by atoms with Crippen molar-refractivity contribution in [2.75, 3.05) is 19.6 Å². The highest BCUT2D eigenvalue weighted by atomic mass is 16.2. The molecule has 0 N–H and O–H groups in total. The molecule has 2 fully saturated rings. The van der Waals surface area contributed by atoms with E-state index in [4.69, 9.17) is 0 Å². The number of hydrogen-bond donors (Lipinski definition) is 0. The maximum absolute atomic E-state index is 13.1. The highest BCUT2D eigenvalue weighted by molar-refractivity contribution is 5.85. The maximum Gasteiger partial charge on any atom is 0.230 e. The molecule has 25 heavy (non-hydrogen) atoms. The van der Waals surface area contributed by atoms with Crippen LogP contribution in [-0.4, -0.2) is 40.3 Å². The molecule has 3 heterocycles. The molecular weight excluding hydrogens is 310 g/mol. The van der Waals surface area contributed by atoms with Crippen LogP contribution in [-0.2, 0) is 17.9 Å². The number of amides is 1. The number of pyridine rings is 1. The first-order valence-electron chi connectivity index (χ1n) is 9.11. The van der Waals surface area contributed by atoms with Gasteiger partial charge in [-0.05, 0) is 49.6 Å². The summed E-state index contributed by atoms with van der Waals surface area (Å²) in [4.78, 5) is 21.7. The molecule has 2 aliphatic rings. The van der Waals surface area contributed by atoms with Crippen molar-refractivity contribution in [2.24, 2.45) is 5.41 Å². The molecule has 2 aromatic rings. The number of rotatable bonds is 4. The lowest BCUT2D eigenvalue weighted by molar-refractivity contribution is -0.136. The van der Waals surface area contributed by atoms with Gasteiger partial charge in [-0.2, -0.15) is 0 Å². The van der Waals surface area contributed by atoms with E-state index in [1.165, 1.54) is 16.7 Å². The third-order valence-electron chi connectivity index (χ3n) is 5.65. The fraction of sp³-hybridized carbons (Fsp3) is 0.429. The second-order valence-electron chi connectivity index (χ2n) is 7.56. The van der Waals surface area contributed by atoms with Crippen LogP contribution in [0.2, 0.25) is 0 Å². The Balaban J connectivity index is 1.41. The molecule has 1 atom stereocenters. The summed E-state index contributed by atoms with van der Waals surface area (Å²) in [5, 5.41) is 0. The fourth-order valence-corrected chi connectivity index (χ4v) is 4.29. The third kappa shape index (κ3) is 3.31. The van der Waals surface area contributed by atoms with E-state index in [-0.39, 0.29) is 5.41 Å². The second kappa shape index (κ2) is 6.60. The van der Waals surface area contributed by atoms with Gasteiger partial charge >= 0.3 is 0 Å². The minimum atomic E-state index is -0.156. The molecule has 2 saturated heterocycles. The number of carbonyl (C=O) groups excluding carboxylic acids is 1. The minimum Gasteiger partial charge on any atom is -0.338 e. The van der Waals surface area contributed by atoms with Gasteiger partial charge in [-0.25, -0.2) is 0 Å². The van der Waals surface area contributed by atoms with E-state index in [2.05, 4.69) is 58.1 Å². The summed E-state index contributed by atoms with van der Waals surface area (Å²) in [5.41, 5.74) is 3.60. The summed E-state index contributed by atoms with van der Waals surface area (Å²) >= 11 is 0. The first-order chi connectivity index (χ1) is 12.1. The normalized spacial score (nSPS) is 23.7. The first kappa shape index (κ1) is 16.3. The Morgan fingerprint density at radius 2 is 1.84 bits per heavy atom. The van der Waals surface area contributed by atoms with Crippen LogP contribution in [0.15, 0.2) is 48.8 Å². The van der Waals surface area contributed by atoms with E-state index in [1.807, 2.05) is 12.4 Å². The zero-order chi connectivity index (χ0) is 17.3. The van der Waals surface area contributed by atoms with Crippen molar-refractivity contribution in [1.82, 2.24) is 14.8 Å². The van der Waals surface area contributed by atoms with Gasteiger partial charge in [-0.3, -0.25) is 14.7 Å². The molecule has 0 radical (unpaired) electrons. The van der Waals surface area contributed by atoms with Gasteiger partial charge < -0.3 is 4.90 Å². The van der Waals surface area contributed by atoms with E-state index < -0.39 is 0 Å². The molecule has 1 amide bonds. The molecule has 1 aromatic carbocycles. The van der Waals surface area contributed by atoms with E-state index >= 15 is 0 Å². The average Bonchev–Trinajstić information content (AvgIpc) is 3.15. The molecule has 4 heteroatoms. The van der Waals surface area contributed by atoms with E-state index in [9.17, 15) is 4.79 Å².